The normalized spacial score (nSPS) is 42.9. The molecular formula is C22H32O. The van der Waals surface area contributed by atoms with Crippen molar-refractivity contribution in [2.75, 3.05) is 0 Å². The van der Waals surface area contributed by atoms with Crippen molar-refractivity contribution in [3.63, 3.8) is 0 Å². The first-order valence-corrected chi connectivity index (χ1v) is 9.94. The van der Waals surface area contributed by atoms with E-state index in [1.807, 2.05) is 17.2 Å². The molecule has 23 heavy (non-hydrogen) atoms. The first-order chi connectivity index (χ1) is 11.0. The van der Waals surface area contributed by atoms with E-state index in [-0.39, 0.29) is 0 Å². The number of hydrogen-bond acceptors (Lipinski definition) is 1. The molecule has 0 aliphatic heterocycles. The van der Waals surface area contributed by atoms with Gasteiger partial charge >= 0.3 is 0 Å². The Hall–Kier alpha value is -0.850. The molecule has 0 aromatic heterocycles. The van der Waals surface area contributed by atoms with E-state index >= 15 is 0 Å². The molecule has 0 bridgehead atoms. The molecule has 0 heterocycles. The number of hydrogen-bond donors (Lipinski definition) is 0. The van der Waals surface area contributed by atoms with Gasteiger partial charge in [0.1, 0.15) is 0 Å². The van der Waals surface area contributed by atoms with Crippen LogP contribution in [0.2, 0.25) is 0 Å². The van der Waals surface area contributed by atoms with Gasteiger partial charge in [0, 0.05) is 6.42 Å². The molecule has 1 saturated carbocycles. The molecule has 0 radical (unpaired) electrons. The van der Waals surface area contributed by atoms with E-state index in [1.165, 1.54) is 56.9 Å². The van der Waals surface area contributed by atoms with Gasteiger partial charge in [0.05, 0.1) is 0 Å². The van der Waals surface area contributed by atoms with Gasteiger partial charge in [-0.05, 0) is 80.1 Å². The van der Waals surface area contributed by atoms with Gasteiger partial charge in [-0.15, -0.1) is 0 Å². The van der Waals surface area contributed by atoms with Crippen LogP contribution in [0.15, 0.2) is 22.8 Å². The van der Waals surface area contributed by atoms with Gasteiger partial charge in [-0.1, -0.05) is 43.9 Å². The van der Waals surface area contributed by atoms with Gasteiger partial charge in [0.25, 0.3) is 0 Å². The smallest absolute Gasteiger partial charge is 0.155 e. The van der Waals surface area contributed by atoms with E-state index in [0.717, 1.165) is 24.7 Å². The Labute approximate surface area is 141 Å². The van der Waals surface area contributed by atoms with Crippen molar-refractivity contribution < 1.29 is 4.79 Å². The van der Waals surface area contributed by atoms with Crippen LogP contribution in [0, 0.1) is 22.7 Å². The lowest BCUT2D eigenvalue weighted by molar-refractivity contribution is -0.116. The molecule has 1 fully saturated rings. The van der Waals surface area contributed by atoms with E-state index in [9.17, 15) is 4.79 Å². The molecular weight excluding hydrogens is 280 g/mol. The monoisotopic (exact) mass is 312 g/mol. The predicted molar refractivity (Wildman–Crippen MR) is 95.2 cm³/mol. The summed E-state index contributed by atoms with van der Waals surface area (Å²) in [7, 11) is 0. The third-order valence-electron chi connectivity index (χ3n) is 8.01. The van der Waals surface area contributed by atoms with Gasteiger partial charge in [-0.2, -0.15) is 0 Å². The highest BCUT2D eigenvalue weighted by Crippen LogP contribution is 2.63. The number of carbonyl (C=O) groups excluding carboxylic acids is 1. The number of carbonyl (C=O) groups is 1. The van der Waals surface area contributed by atoms with E-state index < -0.39 is 0 Å². The summed E-state index contributed by atoms with van der Waals surface area (Å²) < 4.78 is 0. The fourth-order valence-corrected chi connectivity index (χ4v) is 6.75. The third-order valence-corrected chi connectivity index (χ3v) is 8.01. The maximum absolute atomic E-state index is 11.9. The first kappa shape index (κ1) is 15.7. The van der Waals surface area contributed by atoms with Gasteiger partial charge in [0.2, 0.25) is 0 Å². The Morgan fingerprint density at radius 3 is 2.70 bits per heavy atom. The second-order valence-corrected chi connectivity index (χ2v) is 9.16. The van der Waals surface area contributed by atoms with Crippen LogP contribution >= 0.6 is 0 Å². The van der Waals surface area contributed by atoms with Gasteiger partial charge < -0.3 is 0 Å². The maximum atomic E-state index is 11.9. The summed E-state index contributed by atoms with van der Waals surface area (Å²) in [5.74, 6) is 2.01. The molecule has 0 aromatic carbocycles. The molecule has 1 nitrogen and oxygen atoms in total. The summed E-state index contributed by atoms with van der Waals surface area (Å²) in [6.45, 7) is 7.36. The number of rotatable bonds is 2. The zero-order chi connectivity index (χ0) is 16.2. The first-order valence-electron chi connectivity index (χ1n) is 9.94. The topological polar surface area (TPSA) is 17.1 Å². The Kier molecular flexibility index (Phi) is 3.63. The molecule has 4 atom stereocenters. The fraction of sp³-hybridized carbons (Fsp3) is 0.773. The lowest BCUT2D eigenvalue weighted by atomic mass is 9.52. The quantitative estimate of drug-likeness (QED) is 0.572. The van der Waals surface area contributed by atoms with Crippen LogP contribution in [0.4, 0.5) is 0 Å². The molecule has 1 heteroatoms. The molecule has 4 aliphatic rings. The van der Waals surface area contributed by atoms with Crippen LogP contribution in [0.5, 0.6) is 0 Å². The summed E-state index contributed by atoms with van der Waals surface area (Å²) in [5, 5.41) is 0. The van der Waals surface area contributed by atoms with Gasteiger partial charge in [-0.3, -0.25) is 4.79 Å². The summed E-state index contributed by atoms with van der Waals surface area (Å²) in [6, 6.07) is 0. The Bertz CT molecular complexity index is 595. The molecule has 0 saturated heterocycles. The predicted octanol–water partition coefficient (Wildman–Crippen LogP) is 6.00. The molecule has 4 aliphatic carbocycles. The van der Waals surface area contributed by atoms with Crippen LogP contribution in [-0.2, 0) is 4.79 Å². The van der Waals surface area contributed by atoms with Crippen LogP contribution in [0.1, 0.15) is 85.0 Å². The van der Waals surface area contributed by atoms with Gasteiger partial charge in [-0.25, -0.2) is 0 Å². The highest BCUT2D eigenvalue weighted by molar-refractivity contribution is 5.91. The van der Waals surface area contributed by atoms with Crippen molar-refractivity contribution in [3.8, 4) is 0 Å². The van der Waals surface area contributed by atoms with Crippen molar-refractivity contribution >= 4 is 5.78 Å². The Balaban J connectivity index is 1.69. The molecule has 0 N–H and O–H groups in total. The van der Waals surface area contributed by atoms with Crippen LogP contribution in [0.3, 0.4) is 0 Å². The summed E-state index contributed by atoms with van der Waals surface area (Å²) in [4.78, 5) is 11.9. The molecule has 0 unspecified atom stereocenters. The highest BCUT2D eigenvalue weighted by atomic mass is 16.1. The average Bonchev–Trinajstić information content (AvgIpc) is 2.86. The number of allylic oxidation sites excluding steroid dienone is 4. The second kappa shape index (κ2) is 5.33. The zero-order valence-corrected chi connectivity index (χ0v) is 15.2. The minimum absolute atomic E-state index is 0.319. The summed E-state index contributed by atoms with van der Waals surface area (Å²) in [6.07, 6.45) is 14.5. The molecule has 126 valence electrons. The van der Waals surface area contributed by atoms with Crippen LogP contribution in [-0.4, -0.2) is 5.78 Å². The Morgan fingerprint density at radius 1 is 1.09 bits per heavy atom. The zero-order valence-electron chi connectivity index (χ0n) is 15.2. The highest BCUT2D eigenvalue weighted by Gasteiger charge is 2.51. The fourth-order valence-electron chi connectivity index (χ4n) is 6.75. The standard InChI is InChI=1S/C22H32O/c1-4-11-21(2)12-10-18-17-6-5-15-14-16(23)9-13-22(15,3)20(17)8-7-19(18)21/h14,17,20H,4-13H2,1-3H3/t17-,20-,21+,22-/m0/s1. The van der Waals surface area contributed by atoms with E-state index in [4.69, 9.17) is 0 Å². The van der Waals surface area contributed by atoms with E-state index in [2.05, 4.69) is 20.8 Å². The van der Waals surface area contributed by atoms with Crippen molar-refractivity contribution in [3.05, 3.63) is 22.8 Å². The Morgan fingerprint density at radius 2 is 1.91 bits per heavy atom. The minimum Gasteiger partial charge on any atom is -0.295 e. The van der Waals surface area contributed by atoms with E-state index in [0.29, 0.717) is 16.6 Å². The number of fused-ring (bicyclic) bond motifs is 4. The average molecular weight is 312 g/mol. The van der Waals surface area contributed by atoms with Gasteiger partial charge in [0.15, 0.2) is 5.78 Å². The molecule has 0 aromatic rings. The maximum Gasteiger partial charge on any atom is 0.155 e. The van der Waals surface area contributed by atoms with Crippen molar-refractivity contribution in [2.45, 2.75) is 85.0 Å². The lowest BCUT2D eigenvalue weighted by Gasteiger charge is -2.52. The van der Waals surface area contributed by atoms with Crippen LogP contribution < -0.4 is 0 Å². The summed E-state index contributed by atoms with van der Waals surface area (Å²) >= 11 is 0. The third kappa shape index (κ3) is 2.22. The largest absolute Gasteiger partial charge is 0.295 e. The minimum atomic E-state index is 0.319. The lowest BCUT2D eigenvalue weighted by Crippen LogP contribution is -2.43. The molecule has 0 amide bonds. The second-order valence-electron chi connectivity index (χ2n) is 9.16. The van der Waals surface area contributed by atoms with Crippen molar-refractivity contribution in [2.24, 2.45) is 22.7 Å². The molecule has 0 spiro atoms. The molecule has 4 rings (SSSR count). The van der Waals surface area contributed by atoms with Crippen molar-refractivity contribution in [1.82, 2.24) is 0 Å². The van der Waals surface area contributed by atoms with E-state index in [1.54, 1.807) is 0 Å². The number of ketones is 1. The SMILES string of the molecule is CCC[C@]1(C)CCC2=C1CC[C@H]1[C@H]2CCC2=CC(=O)CC[C@@]21C. The van der Waals surface area contributed by atoms with Crippen LogP contribution in [0.25, 0.3) is 0 Å². The van der Waals surface area contributed by atoms with Crippen molar-refractivity contribution in [1.29, 1.82) is 0 Å². The summed E-state index contributed by atoms with van der Waals surface area (Å²) in [5.41, 5.74) is 6.06.